The molecule has 0 spiro atoms. The summed E-state index contributed by atoms with van der Waals surface area (Å²) in [6, 6.07) is 1.90. The number of hydrogen-bond donors (Lipinski definition) is 2. The maximum atomic E-state index is 9.72. The highest BCUT2D eigenvalue weighted by Crippen LogP contribution is 2.30. The van der Waals surface area contributed by atoms with Crippen molar-refractivity contribution in [3.8, 4) is 5.75 Å². The molecule has 0 bridgehead atoms. The maximum absolute atomic E-state index is 9.72. The first-order chi connectivity index (χ1) is 6.57. The summed E-state index contributed by atoms with van der Waals surface area (Å²) in [4.78, 5) is 4.77. The summed E-state index contributed by atoms with van der Waals surface area (Å²) in [5, 5.41) is 9.72. The Labute approximate surface area is 92.2 Å². The summed E-state index contributed by atoms with van der Waals surface area (Å²) in [6.07, 6.45) is 0. The van der Waals surface area contributed by atoms with Crippen LogP contribution in [0.3, 0.4) is 0 Å². The molecule has 0 unspecified atom stereocenters. The zero-order valence-electron chi connectivity index (χ0n) is 8.52. The van der Waals surface area contributed by atoms with Crippen LogP contribution in [0.4, 0.5) is 0 Å². The summed E-state index contributed by atoms with van der Waals surface area (Å²) in [7, 11) is 1.57. The summed E-state index contributed by atoms with van der Waals surface area (Å²) in [6.45, 7) is 4.33. The van der Waals surface area contributed by atoms with Crippen molar-refractivity contribution < 1.29 is 9.94 Å². The minimum atomic E-state index is 0.348. The Bertz CT molecular complexity index is 339. The first kappa shape index (κ1) is 11.5. The van der Waals surface area contributed by atoms with Crippen molar-refractivity contribution >= 4 is 15.9 Å². The number of aryl methyl sites for hydroxylation is 1. The molecule has 2 N–H and O–H groups in total. The van der Waals surface area contributed by atoms with Crippen LogP contribution in [0.25, 0.3) is 0 Å². The van der Waals surface area contributed by atoms with Crippen molar-refractivity contribution in [2.24, 2.45) is 0 Å². The molecule has 0 radical (unpaired) electrons. The van der Waals surface area contributed by atoms with E-state index in [0.29, 0.717) is 12.3 Å². The molecule has 0 aliphatic carbocycles. The molecular weight excluding hydrogens is 246 g/mol. The second-order valence-electron chi connectivity index (χ2n) is 3.15. The molecule has 0 atom stereocenters. The Hall–Kier alpha value is -0.580. The van der Waals surface area contributed by atoms with Crippen molar-refractivity contribution in [1.82, 2.24) is 5.48 Å². The SMILES string of the molecule is CONCc1c(Br)cc(C)c(O)c1C. The van der Waals surface area contributed by atoms with Crippen molar-refractivity contribution in [3.05, 3.63) is 27.2 Å². The standard InChI is InChI=1S/C10H14BrNO2/c1-6-4-9(11)8(5-12-14-3)7(2)10(6)13/h4,12-13H,5H2,1-3H3. The van der Waals surface area contributed by atoms with Crippen molar-refractivity contribution in [2.45, 2.75) is 20.4 Å². The van der Waals surface area contributed by atoms with E-state index in [4.69, 9.17) is 4.84 Å². The fourth-order valence-electron chi connectivity index (χ4n) is 1.32. The van der Waals surface area contributed by atoms with Gasteiger partial charge in [0.05, 0.1) is 7.11 Å². The zero-order chi connectivity index (χ0) is 10.7. The van der Waals surface area contributed by atoms with E-state index in [1.165, 1.54) is 0 Å². The first-order valence-electron chi connectivity index (χ1n) is 4.31. The van der Waals surface area contributed by atoms with Gasteiger partial charge in [0.15, 0.2) is 0 Å². The molecule has 78 valence electrons. The van der Waals surface area contributed by atoms with Crippen LogP contribution in [0.1, 0.15) is 16.7 Å². The van der Waals surface area contributed by atoms with Gasteiger partial charge in [0.25, 0.3) is 0 Å². The lowest BCUT2D eigenvalue weighted by atomic mass is 10.0. The summed E-state index contributed by atoms with van der Waals surface area (Å²) >= 11 is 3.46. The molecule has 0 saturated heterocycles. The lowest BCUT2D eigenvalue weighted by molar-refractivity contribution is 0.0864. The lowest BCUT2D eigenvalue weighted by Gasteiger charge is -2.12. The third-order valence-corrected chi connectivity index (χ3v) is 2.91. The average molecular weight is 260 g/mol. The third kappa shape index (κ3) is 2.26. The minimum absolute atomic E-state index is 0.348. The Morgan fingerprint density at radius 1 is 1.50 bits per heavy atom. The predicted molar refractivity (Wildman–Crippen MR) is 59.1 cm³/mol. The molecule has 1 aromatic rings. The van der Waals surface area contributed by atoms with Crippen LogP contribution < -0.4 is 5.48 Å². The van der Waals surface area contributed by atoms with E-state index in [-0.39, 0.29) is 0 Å². The number of benzene rings is 1. The van der Waals surface area contributed by atoms with Crippen LogP contribution in [-0.2, 0) is 11.4 Å². The highest BCUT2D eigenvalue weighted by atomic mass is 79.9. The molecule has 0 saturated carbocycles. The smallest absolute Gasteiger partial charge is 0.121 e. The fourth-order valence-corrected chi connectivity index (χ4v) is 2.11. The number of hydrogen-bond acceptors (Lipinski definition) is 3. The molecular formula is C10H14BrNO2. The Balaban J connectivity index is 3.09. The van der Waals surface area contributed by atoms with E-state index in [1.54, 1.807) is 7.11 Å². The molecule has 14 heavy (non-hydrogen) atoms. The summed E-state index contributed by atoms with van der Waals surface area (Å²) in [5.74, 6) is 0.348. The van der Waals surface area contributed by atoms with E-state index in [2.05, 4.69) is 21.4 Å². The molecule has 0 aromatic heterocycles. The molecule has 0 aliphatic heterocycles. The summed E-state index contributed by atoms with van der Waals surface area (Å²) < 4.78 is 0.981. The molecule has 3 nitrogen and oxygen atoms in total. The van der Waals surface area contributed by atoms with Gasteiger partial charge in [-0.05, 0) is 36.6 Å². The number of phenols is 1. The Kier molecular flexibility index (Phi) is 3.92. The summed E-state index contributed by atoms with van der Waals surface area (Å²) in [5.41, 5.74) is 5.51. The van der Waals surface area contributed by atoms with Gasteiger partial charge in [0, 0.05) is 11.0 Å². The van der Waals surface area contributed by atoms with Crippen LogP contribution in [0.2, 0.25) is 0 Å². The van der Waals surface area contributed by atoms with Crippen LogP contribution in [0.15, 0.2) is 10.5 Å². The van der Waals surface area contributed by atoms with Gasteiger partial charge >= 0.3 is 0 Å². The van der Waals surface area contributed by atoms with E-state index in [1.807, 2.05) is 19.9 Å². The highest BCUT2D eigenvalue weighted by Gasteiger charge is 2.10. The number of hydroxylamine groups is 1. The van der Waals surface area contributed by atoms with E-state index < -0.39 is 0 Å². The Morgan fingerprint density at radius 2 is 2.14 bits per heavy atom. The van der Waals surface area contributed by atoms with Crippen LogP contribution >= 0.6 is 15.9 Å². The molecule has 0 amide bonds. The first-order valence-corrected chi connectivity index (χ1v) is 5.10. The molecule has 4 heteroatoms. The normalized spacial score (nSPS) is 10.6. The van der Waals surface area contributed by atoms with Gasteiger partial charge in [0.1, 0.15) is 5.75 Å². The third-order valence-electron chi connectivity index (χ3n) is 2.21. The maximum Gasteiger partial charge on any atom is 0.121 e. The van der Waals surface area contributed by atoms with E-state index in [0.717, 1.165) is 21.2 Å². The molecule has 1 aromatic carbocycles. The molecule has 0 aliphatic rings. The number of nitrogens with one attached hydrogen (secondary N) is 1. The Morgan fingerprint density at radius 3 is 2.71 bits per heavy atom. The second-order valence-corrected chi connectivity index (χ2v) is 4.01. The quantitative estimate of drug-likeness (QED) is 0.820. The van der Waals surface area contributed by atoms with Gasteiger partial charge in [-0.25, -0.2) is 0 Å². The van der Waals surface area contributed by atoms with E-state index >= 15 is 0 Å². The predicted octanol–water partition coefficient (Wildman–Crippen LogP) is 2.42. The number of phenolic OH excluding ortho intramolecular Hbond substituents is 1. The van der Waals surface area contributed by atoms with Gasteiger partial charge in [-0.3, -0.25) is 0 Å². The molecule has 0 heterocycles. The monoisotopic (exact) mass is 259 g/mol. The largest absolute Gasteiger partial charge is 0.507 e. The van der Waals surface area contributed by atoms with Crippen LogP contribution in [-0.4, -0.2) is 12.2 Å². The number of halogens is 1. The van der Waals surface area contributed by atoms with Gasteiger partial charge in [0.2, 0.25) is 0 Å². The molecule has 0 fully saturated rings. The lowest BCUT2D eigenvalue weighted by Crippen LogP contribution is -2.12. The van der Waals surface area contributed by atoms with Crippen molar-refractivity contribution in [2.75, 3.05) is 7.11 Å². The average Bonchev–Trinajstić information content (AvgIpc) is 2.14. The van der Waals surface area contributed by atoms with Gasteiger partial charge < -0.3 is 9.94 Å². The van der Waals surface area contributed by atoms with Gasteiger partial charge in [-0.2, -0.15) is 5.48 Å². The zero-order valence-corrected chi connectivity index (χ0v) is 10.1. The highest BCUT2D eigenvalue weighted by molar-refractivity contribution is 9.10. The fraction of sp³-hybridized carbons (Fsp3) is 0.400. The van der Waals surface area contributed by atoms with Crippen molar-refractivity contribution in [1.29, 1.82) is 0 Å². The van der Waals surface area contributed by atoms with Gasteiger partial charge in [-0.1, -0.05) is 15.9 Å². The van der Waals surface area contributed by atoms with Crippen LogP contribution in [0.5, 0.6) is 5.75 Å². The second kappa shape index (κ2) is 4.77. The molecule has 1 rings (SSSR count). The van der Waals surface area contributed by atoms with Gasteiger partial charge in [-0.15, -0.1) is 0 Å². The van der Waals surface area contributed by atoms with Crippen molar-refractivity contribution in [3.63, 3.8) is 0 Å². The number of rotatable bonds is 3. The van der Waals surface area contributed by atoms with E-state index in [9.17, 15) is 5.11 Å². The minimum Gasteiger partial charge on any atom is -0.507 e. The topological polar surface area (TPSA) is 41.5 Å². The number of aromatic hydroxyl groups is 1. The van der Waals surface area contributed by atoms with Crippen LogP contribution in [0, 0.1) is 13.8 Å².